The number of carbonyl (C=O) groups excluding carboxylic acids is 1. The molecule has 2 amide bonds. The zero-order chi connectivity index (χ0) is 14.1. The van der Waals surface area contributed by atoms with E-state index in [1.54, 1.807) is 19.3 Å². The summed E-state index contributed by atoms with van der Waals surface area (Å²) in [6.07, 6.45) is 11.4. The number of amides is 2. The van der Waals surface area contributed by atoms with E-state index in [2.05, 4.69) is 17.2 Å². The van der Waals surface area contributed by atoms with Gasteiger partial charge in [-0.1, -0.05) is 24.8 Å². The summed E-state index contributed by atoms with van der Waals surface area (Å²) in [7, 11) is 1.75. The fraction of sp³-hybridized carbons (Fsp3) is 0.533. The fourth-order valence-electron chi connectivity index (χ4n) is 2.18. The first-order valence-corrected chi connectivity index (χ1v) is 6.75. The van der Waals surface area contributed by atoms with Gasteiger partial charge < -0.3 is 15.4 Å². The Morgan fingerprint density at radius 3 is 2.53 bits per heavy atom. The van der Waals surface area contributed by atoms with Gasteiger partial charge in [0.15, 0.2) is 0 Å². The Morgan fingerprint density at radius 1 is 1.32 bits per heavy atom. The third kappa shape index (κ3) is 5.75. The second kappa shape index (κ2) is 8.53. The largest absolute Gasteiger partial charge is 0.381 e. The number of hydrogen-bond donors (Lipinski definition) is 2. The highest BCUT2D eigenvalue weighted by Gasteiger charge is 2.21. The molecular formula is C15H24N2O2. The molecule has 4 nitrogen and oxygen atoms in total. The van der Waals surface area contributed by atoms with Crippen molar-refractivity contribution in [2.45, 2.75) is 44.8 Å². The molecule has 0 atom stereocenters. The van der Waals surface area contributed by atoms with Crippen LogP contribution >= 0.6 is 0 Å². The van der Waals surface area contributed by atoms with Crippen LogP contribution in [0.3, 0.4) is 0 Å². The number of rotatable bonds is 5. The van der Waals surface area contributed by atoms with E-state index in [-0.39, 0.29) is 12.1 Å². The Bertz CT molecular complexity index is 353. The lowest BCUT2D eigenvalue weighted by molar-refractivity contribution is 0.0636. The molecule has 4 heteroatoms. The van der Waals surface area contributed by atoms with Crippen LogP contribution in [0.15, 0.2) is 36.6 Å². The van der Waals surface area contributed by atoms with Crippen LogP contribution in [0.5, 0.6) is 0 Å². The van der Waals surface area contributed by atoms with Crippen molar-refractivity contribution in [2.24, 2.45) is 0 Å². The molecule has 1 rings (SSSR count). The van der Waals surface area contributed by atoms with E-state index in [1.165, 1.54) is 0 Å². The van der Waals surface area contributed by atoms with Gasteiger partial charge in [0.25, 0.3) is 0 Å². The molecule has 1 aliphatic carbocycles. The van der Waals surface area contributed by atoms with Gasteiger partial charge in [0, 0.05) is 18.8 Å². The maximum absolute atomic E-state index is 11.8. The predicted molar refractivity (Wildman–Crippen MR) is 77.8 cm³/mol. The number of methoxy groups -OCH3 is 1. The molecule has 0 unspecified atom stereocenters. The van der Waals surface area contributed by atoms with Crippen LogP contribution in [-0.2, 0) is 4.74 Å². The summed E-state index contributed by atoms with van der Waals surface area (Å²) in [6, 6.07) is 0.0931. The van der Waals surface area contributed by atoms with E-state index in [4.69, 9.17) is 4.74 Å². The third-order valence-electron chi connectivity index (χ3n) is 3.32. The standard InChI is InChI=1S/C15H24N2O2/c1-4-6-7-12(5-2)16-15(18)17-13-8-10-14(19-3)11-9-13/h4-7,13-14H,1,8-11H2,2-3H3,(H2,16,17,18)/b7-6-,12-5+. The Labute approximate surface area is 115 Å². The van der Waals surface area contributed by atoms with Crippen LogP contribution in [-0.4, -0.2) is 25.3 Å². The quantitative estimate of drug-likeness (QED) is 0.750. The summed E-state index contributed by atoms with van der Waals surface area (Å²) >= 11 is 0. The molecule has 2 N–H and O–H groups in total. The molecule has 0 aliphatic heterocycles. The van der Waals surface area contributed by atoms with Gasteiger partial charge in [0.1, 0.15) is 0 Å². The van der Waals surface area contributed by atoms with Gasteiger partial charge in [-0.2, -0.15) is 0 Å². The lowest BCUT2D eigenvalue weighted by atomic mass is 9.93. The molecule has 1 saturated carbocycles. The highest BCUT2D eigenvalue weighted by Crippen LogP contribution is 2.20. The van der Waals surface area contributed by atoms with Crippen LogP contribution in [0, 0.1) is 0 Å². The molecule has 0 radical (unpaired) electrons. The van der Waals surface area contributed by atoms with Crippen LogP contribution in [0.4, 0.5) is 4.79 Å². The molecular weight excluding hydrogens is 240 g/mol. The van der Waals surface area contributed by atoms with Crippen molar-refractivity contribution in [3.63, 3.8) is 0 Å². The Balaban J connectivity index is 2.35. The van der Waals surface area contributed by atoms with E-state index in [0.29, 0.717) is 6.10 Å². The summed E-state index contributed by atoms with van der Waals surface area (Å²) in [4.78, 5) is 11.8. The molecule has 0 saturated heterocycles. The number of hydrogen-bond acceptors (Lipinski definition) is 2. The second-order valence-electron chi connectivity index (χ2n) is 4.65. The number of allylic oxidation sites excluding steroid dienone is 4. The molecule has 0 aromatic rings. The first kappa shape index (κ1) is 15.5. The van der Waals surface area contributed by atoms with E-state index in [9.17, 15) is 4.79 Å². The summed E-state index contributed by atoms with van der Waals surface area (Å²) in [5, 5.41) is 5.82. The highest BCUT2D eigenvalue weighted by molar-refractivity contribution is 5.76. The van der Waals surface area contributed by atoms with Gasteiger partial charge in [0.05, 0.1) is 6.10 Å². The third-order valence-corrected chi connectivity index (χ3v) is 3.32. The zero-order valence-corrected chi connectivity index (χ0v) is 11.8. The van der Waals surface area contributed by atoms with Gasteiger partial charge in [-0.15, -0.1) is 0 Å². The summed E-state index contributed by atoms with van der Waals surface area (Å²) in [6.45, 7) is 5.48. The molecule has 1 aliphatic rings. The van der Waals surface area contributed by atoms with Crippen molar-refractivity contribution < 1.29 is 9.53 Å². The number of urea groups is 1. The lowest BCUT2D eigenvalue weighted by Gasteiger charge is -2.28. The van der Waals surface area contributed by atoms with E-state index < -0.39 is 0 Å². The van der Waals surface area contributed by atoms with Crippen LogP contribution in [0.1, 0.15) is 32.6 Å². The van der Waals surface area contributed by atoms with Crippen LogP contribution in [0.2, 0.25) is 0 Å². The monoisotopic (exact) mass is 264 g/mol. The molecule has 0 aromatic carbocycles. The number of nitrogens with one attached hydrogen (secondary N) is 2. The van der Waals surface area contributed by atoms with Gasteiger partial charge >= 0.3 is 6.03 Å². The van der Waals surface area contributed by atoms with Crippen molar-refractivity contribution in [1.82, 2.24) is 10.6 Å². The molecule has 19 heavy (non-hydrogen) atoms. The Hall–Kier alpha value is -1.55. The summed E-state index contributed by atoms with van der Waals surface area (Å²) in [5.41, 5.74) is 0.767. The minimum absolute atomic E-state index is 0.150. The van der Waals surface area contributed by atoms with E-state index in [1.807, 2.05) is 19.1 Å². The number of ether oxygens (including phenoxy) is 1. The Kier molecular flexibility index (Phi) is 6.97. The molecule has 0 heterocycles. The molecule has 106 valence electrons. The lowest BCUT2D eigenvalue weighted by Crippen LogP contribution is -2.43. The second-order valence-corrected chi connectivity index (χ2v) is 4.65. The maximum Gasteiger partial charge on any atom is 0.319 e. The average molecular weight is 264 g/mol. The molecule has 1 fully saturated rings. The maximum atomic E-state index is 11.8. The van der Waals surface area contributed by atoms with Gasteiger partial charge in [-0.25, -0.2) is 4.79 Å². The summed E-state index contributed by atoms with van der Waals surface area (Å²) < 4.78 is 5.31. The minimum Gasteiger partial charge on any atom is -0.381 e. The topological polar surface area (TPSA) is 50.4 Å². The number of carbonyl (C=O) groups is 1. The zero-order valence-electron chi connectivity index (χ0n) is 11.8. The van der Waals surface area contributed by atoms with Gasteiger partial charge in [0.2, 0.25) is 0 Å². The Morgan fingerprint density at radius 2 is 2.00 bits per heavy atom. The molecule has 0 spiro atoms. The van der Waals surface area contributed by atoms with Crippen molar-refractivity contribution in [2.75, 3.05) is 7.11 Å². The summed E-state index contributed by atoms with van der Waals surface area (Å²) in [5.74, 6) is 0. The smallest absolute Gasteiger partial charge is 0.319 e. The van der Waals surface area contributed by atoms with Crippen LogP contribution < -0.4 is 10.6 Å². The van der Waals surface area contributed by atoms with Crippen molar-refractivity contribution in [3.8, 4) is 0 Å². The molecule has 0 aromatic heterocycles. The van der Waals surface area contributed by atoms with Gasteiger partial charge in [-0.3, -0.25) is 0 Å². The molecule has 0 bridgehead atoms. The first-order valence-electron chi connectivity index (χ1n) is 6.75. The normalized spacial score (nSPS) is 24.2. The van der Waals surface area contributed by atoms with Crippen LogP contribution in [0.25, 0.3) is 0 Å². The fourth-order valence-corrected chi connectivity index (χ4v) is 2.18. The van der Waals surface area contributed by atoms with Crippen molar-refractivity contribution >= 4 is 6.03 Å². The SMILES string of the molecule is C=C/C=C\C(=C/C)NC(=O)NC1CCC(OC)CC1. The predicted octanol–water partition coefficient (Wildman–Crippen LogP) is 2.89. The van der Waals surface area contributed by atoms with Crippen molar-refractivity contribution in [1.29, 1.82) is 0 Å². The van der Waals surface area contributed by atoms with E-state index in [0.717, 1.165) is 31.4 Å². The van der Waals surface area contributed by atoms with E-state index >= 15 is 0 Å². The van der Waals surface area contributed by atoms with Gasteiger partial charge in [-0.05, 0) is 38.7 Å². The van der Waals surface area contributed by atoms with Crippen molar-refractivity contribution in [3.05, 3.63) is 36.6 Å². The first-order chi connectivity index (χ1) is 9.19. The minimum atomic E-state index is -0.150. The average Bonchev–Trinajstić information content (AvgIpc) is 2.44. The highest BCUT2D eigenvalue weighted by atomic mass is 16.5.